The van der Waals surface area contributed by atoms with Crippen molar-refractivity contribution in [3.8, 4) is 0 Å². The third-order valence-electron chi connectivity index (χ3n) is 3.12. The quantitative estimate of drug-likeness (QED) is 0.132. The van der Waals surface area contributed by atoms with Gasteiger partial charge in [0.1, 0.15) is 0 Å². The molecule has 0 heterocycles. The molecule has 0 bridgehead atoms. The van der Waals surface area contributed by atoms with E-state index in [9.17, 15) is 0 Å². The van der Waals surface area contributed by atoms with Crippen molar-refractivity contribution in [3.63, 3.8) is 0 Å². The summed E-state index contributed by atoms with van der Waals surface area (Å²) >= 11 is 10.3. The maximum Gasteiger partial charge on any atom is 0.231 e. The van der Waals surface area contributed by atoms with Crippen LogP contribution in [0.1, 0.15) is 79.1 Å². The smallest absolute Gasteiger partial charge is 0.231 e. The lowest BCUT2D eigenvalue weighted by Crippen LogP contribution is -2.04. The van der Waals surface area contributed by atoms with Crippen molar-refractivity contribution in [2.45, 2.75) is 91.3 Å². The first-order valence-electron chi connectivity index (χ1n) is 9.42. The summed E-state index contributed by atoms with van der Waals surface area (Å²) in [6.07, 6.45) is 11.0. The topological polar surface area (TPSA) is 18.5 Å². The van der Waals surface area contributed by atoms with Crippen molar-refractivity contribution < 1.29 is 9.47 Å². The number of hydrogen-bond donors (Lipinski definition) is 0. The van der Waals surface area contributed by atoms with E-state index in [-0.39, 0.29) is 12.2 Å². The summed E-state index contributed by atoms with van der Waals surface area (Å²) in [6.45, 7) is 8.03. The van der Waals surface area contributed by atoms with Crippen LogP contribution in [-0.4, -0.2) is 32.5 Å². The molecule has 0 aliphatic carbocycles. The highest BCUT2D eigenvalue weighted by molar-refractivity contribution is 8.83. The molecule has 154 valence electrons. The van der Waals surface area contributed by atoms with Gasteiger partial charge in [-0.25, -0.2) is 0 Å². The molecule has 0 rings (SSSR count). The van der Waals surface area contributed by atoms with Crippen molar-refractivity contribution in [3.05, 3.63) is 0 Å². The fourth-order valence-electron chi connectivity index (χ4n) is 1.99. The average molecular weight is 475 g/mol. The van der Waals surface area contributed by atoms with Crippen molar-refractivity contribution in [2.24, 2.45) is 0 Å². The van der Waals surface area contributed by atoms with Gasteiger partial charge in [0.05, 0.1) is 12.2 Å². The maximum absolute atomic E-state index is 5.44. The van der Waals surface area contributed by atoms with Crippen LogP contribution >= 0.6 is 67.6 Å². The molecule has 2 nitrogen and oxygen atoms in total. The first-order chi connectivity index (χ1) is 12.4. The van der Waals surface area contributed by atoms with Crippen LogP contribution in [0.4, 0.5) is 0 Å². The first-order valence-corrected chi connectivity index (χ1v) is 14.9. The Kier molecular flexibility index (Phi) is 20.4. The van der Waals surface area contributed by atoms with Crippen molar-refractivity contribution in [1.82, 2.24) is 0 Å². The Morgan fingerprint density at radius 2 is 0.923 bits per heavy atom. The van der Waals surface area contributed by atoms with E-state index >= 15 is 0 Å². The summed E-state index contributed by atoms with van der Waals surface area (Å²) in [5.41, 5.74) is 0. The third-order valence-corrected chi connectivity index (χ3v) is 8.67. The van der Waals surface area contributed by atoms with E-state index in [1.807, 2.05) is 49.3 Å². The molecule has 0 spiro atoms. The molecule has 0 saturated heterocycles. The zero-order valence-electron chi connectivity index (χ0n) is 16.5. The molecule has 0 unspecified atom stereocenters. The van der Waals surface area contributed by atoms with Crippen molar-refractivity contribution in [2.75, 3.05) is 11.5 Å². The monoisotopic (exact) mass is 474 g/mol. The number of rotatable bonds is 15. The summed E-state index contributed by atoms with van der Waals surface area (Å²) < 4.78 is 12.2. The molecule has 0 saturated carbocycles. The minimum absolute atomic E-state index is 0.185. The lowest BCUT2D eigenvalue weighted by atomic mass is 10.1. The molecule has 0 aromatic heterocycles. The van der Waals surface area contributed by atoms with E-state index in [1.54, 1.807) is 21.6 Å². The largest absolute Gasteiger partial charge is 0.475 e. The zero-order valence-corrected chi connectivity index (χ0v) is 21.4. The molecule has 0 fully saturated rings. The SMILES string of the molecule is CC(C)OC(=S)SSCCCCCCCCCCSSC(=S)OC(C)C. The van der Waals surface area contributed by atoms with Gasteiger partial charge in [0.25, 0.3) is 0 Å². The lowest BCUT2D eigenvalue weighted by molar-refractivity contribution is 0.243. The van der Waals surface area contributed by atoms with Gasteiger partial charge in [-0.15, -0.1) is 0 Å². The molecule has 0 aromatic carbocycles. The minimum Gasteiger partial charge on any atom is -0.475 e. The van der Waals surface area contributed by atoms with Gasteiger partial charge >= 0.3 is 0 Å². The second-order valence-electron chi connectivity index (χ2n) is 6.47. The van der Waals surface area contributed by atoms with Crippen molar-refractivity contribution >= 4 is 76.4 Å². The number of ether oxygens (including phenoxy) is 2. The van der Waals surface area contributed by atoms with Crippen LogP contribution < -0.4 is 0 Å². The fourth-order valence-corrected chi connectivity index (χ4v) is 6.72. The highest BCUT2D eigenvalue weighted by atomic mass is 33.1. The average Bonchev–Trinajstić information content (AvgIpc) is 2.53. The molecule has 0 aliphatic rings. The Hall–Kier alpha value is 1.18. The van der Waals surface area contributed by atoms with Gasteiger partial charge < -0.3 is 9.47 Å². The van der Waals surface area contributed by atoms with Crippen LogP contribution in [0, 0.1) is 0 Å². The molecule has 0 amide bonds. The highest BCUT2D eigenvalue weighted by Crippen LogP contribution is 2.27. The van der Waals surface area contributed by atoms with Gasteiger partial charge in [0, 0.05) is 11.5 Å². The second-order valence-corrected chi connectivity index (χ2v) is 12.5. The van der Waals surface area contributed by atoms with Gasteiger partial charge in [-0.3, -0.25) is 0 Å². The molecular weight excluding hydrogens is 441 g/mol. The predicted octanol–water partition coefficient (Wildman–Crippen LogP) is 8.29. The van der Waals surface area contributed by atoms with Crippen LogP contribution in [0.25, 0.3) is 0 Å². The highest BCUT2D eigenvalue weighted by Gasteiger charge is 2.03. The van der Waals surface area contributed by atoms with Crippen LogP contribution in [0.3, 0.4) is 0 Å². The van der Waals surface area contributed by atoms with E-state index in [1.165, 1.54) is 51.4 Å². The molecule has 8 heteroatoms. The van der Waals surface area contributed by atoms with Gasteiger partial charge in [0.15, 0.2) is 0 Å². The Balaban J connectivity index is 3.18. The molecule has 0 radical (unpaired) electrons. The van der Waals surface area contributed by atoms with Crippen LogP contribution in [0.15, 0.2) is 0 Å². The van der Waals surface area contributed by atoms with Crippen LogP contribution in [0.2, 0.25) is 0 Å². The normalized spacial score (nSPS) is 11.2. The van der Waals surface area contributed by atoms with Gasteiger partial charge in [0.2, 0.25) is 8.77 Å². The van der Waals surface area contributed by atoms with Crippen molar-refractivity contribution in [1.29, 1.82) is 0 Å². The summed E-state index contributed by atoms with van der Waals surface area (Å²) in [5.74, 6) is 2.31. The van der Waals surface area contributed by atoms with Gasteiger partial charge in [-0.1, -0.05) is 60.1 Å². The van der Waals surface area contributed by atoms with Gasteiger partial charge in [-0.2, -0.15) is 0 Å². The second kappa shape index (κ2) is 19.5. The summed E-state index contributed by atoms with van der Waals surface area (Å²) in [4.78, 5) is 0. The van der Waals surface area contributed by atoms with Crippen LogP contribution in [0.5, 0.6) is 0 Å². The molecule has 0 aromatic rings. The van der Waals surface area contributed by atoms with E-state index in [0.29, 0.717) is 8.77 Å². The van der Waals surface area contributed by atoms with E-state index in [0.717, 1.165) is 11.5 Å². The molecular formula is C18H34O2S6. The summed E-state index contributed by atoms with van der Waals surface area (Å²) in [6, 6.07) is 0. The molecule has 26 heavy (non-hydrogen) atoms. The number of unbranched alkanes of at least 4 members (excludes halogenated alkanes) is 7. The van der Waals surface area contributed by atoms with Crippen LogP contribution in [-0.2, 0) is 9.47 Å². The first kappa shape index (κ1) is 27.2. The predicted molar refractivity (Wildman–Crippen MR) is 135 cm³/mol. The van der Waals surface area contributed by atoms with E-state index < -0.39 is 0 Å². The summed E-state index contributed by atoms with van der Waals surface area (Å²) in [5, 5.41) is 0. The van der Waals surface area contributed by atoms with E-state index in [2.05, 4.69) is 0 Å². The number of thiocarbonyl (C=S) groups is 2. The Morgan fingerprint density at radius 3 is 1.23 bits per heavy atom. The Bertz CT molecular complexity index is 330. The Morgan fingerprint density at radius 1 is 0.615 bits per heavy atom. The van der Waals surface area contributed by atoms with E-state index in [4.69, 9.17) is 33.9 Å². The third kappa shape index (κ3) is 21.5. The number of hydrogen-bond acceptors (Lipinski definition) is 8. The standard InChI is InChI=1S/C18H34O2S6/c1-15(2)19-17(21)25-23-13-11-9-7-5-6-8-10-12-14-24-26-18(22)20-16(3)4/h15-16H,5-14H2,1-4H3. The summed E-state index contributed by atoms with van der Waals surface area (Å²) in [7, 11) is 6.83. The molecule has 0 aliphatic heterocycles. The zero-order chi connectivity index (χ0) is 19.6. The molecule has 0 atom stereocenters. The fraction of sp³-hybridized carbons (Fsp3) is 0.889. The lowest BCUT2D eigenvalue weighted by Gasteiger charge is -2.09. The van der Waals surface area contributed by atoms with Gasteiger partial charge in [-0.05, 0) is 86.6 Å². The maximum atomic E-state index is 5.44. The minimum atomic E-state index is 0.185. The Labute approximate surface area is 187 Å². The molecule has 0 N–H and O–H groups in total.